The molecule has 1 spiro atoms. The van der Waals surface area contributed by atoms with Gasteiger partial charge in [-0.05, 0) is 49.7 Å². The van der Waals surface area contributed by atoms with E-state index in [9.17, 15) is 19.8 Å². The van der Waals surface area contributed by atoms with Gasteiger partial charge in [0.15, 0.2) is 0 Å². The predicted octanol–water partition coefficient (Wildman–Crippen LogP) is 3.47. The maximum absolute atomic E-state index is 13.1. The first kappa shape index (κ1) is 18.7. The van der Waals surface area contributed by atoms with E-state index in [1.807, 2.05) is 6.92 Å². The number of allylic oxidation sites excluding steroid dienone is 1. The maximum Gasteiger partial charge on any atom is 0.313 e. The lowest BCUT2D eigenvalue weighted by atomic mass is 9.55. The number of aliphatic hydroxyl groups excluding tert-OH is 1. The summed E-state index contributed by atoms with van der Waals surface area (Å²) in [6, 6.07) is 1.80. The molecule has 4 unspecified atom stereocenters. The first-order valence-electron chi connectivity index (χ1n) is 9.14. The summed E-state index contributed by atoms with van der Waals surface area (Å²) in [4.78, 5) is 24.3. The van der Waals surface area contributed by atoms with Crippen LogP contribution in [0.2, 0.25) is 0 Å². The average molecular weight is 362 g/mol. The number of carboxylic acid groups (broad SMARTS) is 1. The van der Waals surface area contributed by atoms with Crippen molar-refractivity contribution in [3.8, 4) is 0 Å². The monoisotopic (exact) mass is 362 g/mol. The quantitative estimate of drug-likeness (QED) is 0.615. The van der Waals surface area contributed by atoms with E-state index in [1.54, 1.807) is 18.6 Å². The van der Waals surface area contributed by atoms with Gasteiger partial charge in [-0.2, -0.15) is 0 Å². The third-order valence-electron chi connectivity index (χ3n) is 6.27. The van der Waals surface area contributed by atoms with Gasteiger partial charge in [0, 0.05) is 18.4 Å². The van der Waals surface area contributed by atoms with Crippen molar-refractivity contribution in [3.63, 3.8) is 0 Å². The van der Waals surface area contributed by atoms with Gasteiger partial charge in [-0.3, -0.25) is 9.59 Å². The molecule has 1 aliphatic heterocycles. The largest absolute Gasteiger partial charge is 0.481 e. The Balaban J connectivity index is 2.01. The molecule has 0 aromatic carbocycles. The maximum atomic E-state index is 13.1. The standard InChI is InChI=1S/C20H26O6/c1-12(10-21)15-4-3-13(2)20(16(15)5-6-18(22)23)9-17(26-19(20)24)14-7-8-25-11-14/h7-8,11,13,16-17,21H,3-6,9-10H2,1-2H3,(H,22,23). The fourth-order valence-corrected chi connectivity index (χ4v) is 4.77. The van der Waals surface area contributed by atoms with E-state index in [1.165, 1.54) is 0 Å². The van der Waals surface area contributed by atoms with Crippen LogP contribution in [-0.4, -0.2) is 28.8 Å². The van der Waals surface area contributed by atoms with Crippen LogP contribution in [0.5, 0.6) is 0 Å². The summed E-state index contributed by atoms with van der Waals surface area (Å²) >= 11 is 0. The molecule has 2 N–H and O–H groups in total. The molecule has 1 saturated carbocycles. The predicted molar refractivity (Wildman–Crippen MR) is 93.1 cm³/mol. The molecule has 4 atom stereocenters. The van der Waals surface area contributed by atoms with Crippen LogP contribution in [0.15, 0.2) is 34.2 Å². The zero-order chi connectivity index (χ0) is 18.9. The van der Waals surface area contributed by atoms with Crippen molar-refractivity contribution in [3.05, 3.63) is 35.3 Å². The molecule has 2 heterocycles. The second-order valence-corrected chi connectivity index (χ2v) is 7.58. The van der Waals surface area contributed by atoms with Gasteiger partial charge in [0.1, 0.15) is 6.10 Å². The summed E-state index contributed by atoms with van der Waals surface area (Å²) in [6.45, 7) is 3.84. The Hall–Kier alpha value is -2.08. The van der Waals surface area contributed by atoms with Crippen LogP contribution in [-0.2, 0) is 14.3 Å². The number of carbonyl (C=O) groups excluding carboxylic acids is 1. The molecule has 1 aromatic heterocycles. The third kappa shape index (κ3) is 3.07. The van der Waals surface area contributed by atoms with Gasteiger partial charge in [0.2, 0.25) is 0 Å². The van der Waals surface area contributed by atoms with Crippen molar-refractivity contribution in [2.24, 2.45) is 17.3 Å². The van der Waals surface area contributed by atoms with Crippen LogP contribution in [0.1, 0.15) is 57.6 Å². The zero-order valence-corrected chi connectivity index (χ0v) is 15.2. The van der Waals surface area contributed by atoms with Crippen LogP contribution >= 0.6 is 0 Å². The number of hydrogen-bond acceptors (Lipinski definition) is 5. The molecule has 0 bridgehead atoms. The number of carboxylic acids is 1. The number of cyclic esters (lactones) is 1. The first-order chi connectivity index (χ1) is 12.4. The van der Waals surface area contributed by atoms with Crippen LogP contribution in [0.3, 0.4) is 0 Å². The van der Waals surface area contributed by atoms with Crippen molar-refractivity contribution < 1.29 is 29.0 Å². The minimum Gasteiger partial charge on any atom is -0.481 e. The van der Waals surface area contributed by atoms with Crippen molar-refractivity contribution in [2.75, 3.05) is 6.61 Å². The van der Waals surface area contributed by atoms with Gasteiger partial charge in [0.25, 0.3) is 0 Å². The van der Waals surface area contributed by atoms with Gasteiger partial charge < -0.3 is 19.4 Å². The Kier molecular flexibility index (Phi) is 5.23. The lowest BCUT2D eigenvalue weighted by molar-refractivity contribution is -0.155. The van der Waals surface area contributed by atoms with E-state index < -0.39 is 11.4 Å². The van der Waals surface area contributed by atoms with Crippen LogP contribution in [0, 0.1) is 17.3 Å². The number of furan rings is 1. The van der Waals surface area contributed by atoms with Crippen molar-refractivity contribution in [2.45, 2.75) is 52.1 Å². The lowest BCUT2D eigenvalue weighted by Crippen LogP contribution is -2.45. The summed E-state index contributed by atoms with van der Waals surface area (Å²) in [5.41, 5.74) is 1.94. The van der Waals surface area contributed by atoms with E-state index >= 15 is 0 Å². The molecular weight excluding hydrogens is 336 g/mol. The summed E-state index contributed by atoms with van der Waals surface area (Å²) in [5, 5.41) is 18.8. The number of carbonyl (C=O) groups is 2. The number of rotatable bonds is 5. The van der Waals surface area contributed by atoms with Crippen molar-refractivity contribution >= 4 is 11.9 Å². The third-order valence-corrected chi connectivity index (χ3v) is 6.27. The van der Waals surface area contributed by atoms with Crippen molar-refractivity contribution in [1.29, 1.82) is 0 Å². The van der Waals surface area contributed by atoms with E-state index in [0.717, 1.165) is 29.6 Å². The van der Waals surface area contributed by atoms with Crippen LogP contribution < -0.4 is 0 Å². The van der Waals surface area contributed by atoms with E-state index in [0.29, 0.717) is 12.8 Å². The molecule has 1 aromatic rings. The number of esters is 1. The highest BCUT2D eigenvalue weighted by molar-refractivity contribution is 5.81. The van der Waals surface area contributed by atoms with E-state index in [-0.39, 0.29) is 36.9 Å². The summed E-state index contributed by atoms with van der Waals surface area (Å²) in [7, 11) is 0. The summed E-state index contributed by atoms with van der Waals surface area (Å²) in [5.74, 6) is -1.27. The second kappa shape index (κ2) is 7.27. The van der Waals surface area contributed by atoms with Gasteiger partial charge in [-0.15, -0.1) is 0 Å². The van der Waals surface area contributed by atoms with Crippen molar-refractivity contribution in [1.82, 2.24) is 0 Å². The lowest BCUT2D eigenvalue weighted by Gasteiger charge is -2.45. The van der Waals surface area contributed by atoms with Crippen LogP contribution in [0.4, 0.5) is 0 Å². The normalized spacial score (nSPS) is 33.3. The van der Waals surface area contributed by atoms with E-state index in [2.05, 4.69) is 6.92 Å². The molecule has 3 rings (SSSR count). The highest BCUT2D eigenvalue weighted by Crippen LogP contribution is 2.59. The van der Waals surface area contributed by atoms with Gasteiger partial charge in [-0.1, -0.05) is 12.5 Å². The Bertz CT molecular complexity index is 704. The highest BCUT2D eigenvalue weighted by atomic mass is 16.6. The smallest absolute Gasteiger partial charge is 0.313 e. The molecule has 6 nitrogen and oxygen atoms in total. The fraction of sp³-hybridized carbons (Fsp3) is 0.600. The number of aliphatic hydroxyl groups is 1. The number of hydrogen-bond donors (Lipinski definition) is 2. The zero-order valence-electron chi connectivity index (χ0n) is 15.2. The SMILES string of the molecule is CC(CO)=C1CCC(C)C2(CC(c3ccoc3)OC2=O)C1CCC(=O)O. The molecule has 26 heavy (non-hydrogen) atoms. The fourth-order valence-electron chi connectivity index (χ4n) is 4.77. The molecule has 2 aliphatic rings. The molecule has 6 heteroatoms. The number of ether oxygens (including phenoxy) is 1. The van der Waals surface area contributed by atoms with Gasteiger partial charge in [0.05, 0.1) is 24.5 Å². The van der Waals surface area contributed by atoms with Gasteiger partial charge in [-0.25, -0.2) is 0 Å². The van der Waals surface area contributed by atoms with Gasteiger partial charge >= 0.3 is 11.9 Å². The molecule has 1 saturated heterocycles. The second-order valence-electron chi connectivity index (χ2n) is 7.58. The number of aliphatic carboxylic acids is 1. The highest BCUT2D eigenvalue weighted by Gasteiger charge is 2.59. The topological polar surface area (TPSA) is 97.0 Å². The minimum absolute atomic E-state index is 0.00893. The summed E-state index contributed by atoms with van der Waals surface area (Å²) < 4.78 is 10.9. The Labute approximate surface area is 152 Å². The minimum atomic E-state index is -0.878. The molecule has 2 fully saturated rings. The first-order valence-corrected chi connectivity index (χ1v) is 9.14. The average Bonchev–Trinajstić information content (AvgIpc) is 3.24. The van der Waals surface area contributed by atoms with E-state index in [4.69, 9.17) is 9.15 Å². The molecule has 142 valence electrons. The van der Waals surface area contributed by atoms with Crippen LogP contribution in [0.25, 0.3) is 0 Å². The summed E-state index contributed by atoms with van der Waals surface area (Å²) in [6.07, 6.45) is 5.26. The molecule has 0 radical (unpaired) electrons. The Morgan fingerprint density at radius 3 is 2.81 bits per heavy atom. The molecular formula is C20H26O6. The Morgan fingerprint density at radius 1 is 1.42 bits per heavy atom. The molecule has 0 amide bonds. The Morgan fingerprint density at radius 2 is 2.19 bits per heavy atom. The molecule has 1 aliphatic carbocycles.